The van der Waals surface area contributed by atoms with Gasteiger partial charge < -0.3 is 15.4 Å². The van der Waals surface area contributed by atoms with Crippen LogP contribution in [0.25, 0.3) is 0 Å². The minimum atomic E-state index is -0.783. The Morgan fingerprint density at radius 1 is 1.23 bits per heavy atom. The third kappa shape index (κ3) is 2.73. The smallest absolute Gasteiger partial charge is 0.237 e. The van der Waals surface area contributed by atoms with Gasteiger partial charge in [0.15, 0.2) is 5.72 Å². The molecule has 4 rings (SSSR count). The van der Waals surface area contributed by atoms with Gasteiger partial charge in [0.05, 0.1) is 0 Å². The van der Waals surface area contributed by atoms with E-state index in [1.165, 1.54) is 0 Å². The van der Waals surface area contributed by atoms with E-state index in [0.29, 0.717) is 6.42 Å². The zero-order chi connectivity index (χ0) is 18.5. The first-order valence-electron chi connectivity index (χ1n) is 8.84. The van der Waals surface area contributed by atoms with E-state index in [0.717, 1.165) is 28.1 Å². The average Bonchev–Trinajstić information content (AvgIpc) is 2.56. The molecule has 2 aromatic rings. The summed E-state index contributed by atoms with van der Waals surface area (Å²) >= 11 is 0. The van der Waals surface area contributed by atoms with E-state index in [9.17, 15) is 9.59 Å². The van der Waals surface area contributed by atoms with Gasteiger partial charge in [0.1, 0.15) is 11.7 Å². The van der Waals surface area contributed by atoms with Crippen molar-refractivity contribution in [1.29, 1.82) is 0 Å². The number of carbonyl (C=O) groups excluding carboxylic acids is 2. The highest BCUT2D eigenvalue weighted by Gasteiger charge is 2.51. The largest absolute Gasteiger partial charge is 0.468 e. The van der Waals surface area contributed by atoms with Gasteiger partial charge in [0.2, 0.25) is 11.8 Å². The first-order chi connectivity index (χ1) is 12.4. The number of carbonyl (C=O) groups is 2. The Bertz CT molecular complexity index is 908. The normalized spacial score (nSPS) is 26.3. The number of aryl methyl sites for hydroxylation is 2. The van der Waals surface area contributed by atoms with E-state index in [-0.39, 0.29) is 17.7 Å². The van der Waals surface area contributed by atoms with Gasteiger partial charge in [-0.2, -0.15) is 0 Å². The fourth-order valence-corrected chi connectivity index (χ4v) is 4.05. The molecule has 0 saturated carbocycles. The molecule has 2 aliphatic heterocycles. The molecule has 0 spiro atoms. The van der Waals surface area contributed by atoms with E-state index < -0.39 is 11.6 Å². The summed E-state index contributed by atoms with van der Waals surface area (Å²) in [7, 11) is 0. The molecule has 2 amide bonds. The number of hydrogen-bond donors (Lipinski definition) is 2. The Kier molecular flexibility index (Phi) is 3.75. The van der Waals surface area contributed by atoms with Crippen LogP contribution in [0.2, 0.25) is 0 Å². The summed E-state index contributed by atoms with van der Waals surface area (Å²) in [6.07, 6.45) is 0.570. The van der Waals surface area contributed by atoms with Crippen LogP contribution in [0, 0.1) is 19.8 Å². The van der Waals surface area contributed by atoms with Crippen molar-refractivity contribution in [2.75, 3.05) is 5.32 Å². The van der Waals surface area contributed by atoms with Gasteiger partial charge in [0, 0.05) is 18.0 Å². The summed E-state index contributed by atoms with van der Waals surface area (Å²) in [6.45, 7) is 5.81. The number of nitrogens with one attached hydrogen (secondary N) is 2. The highest BCUT2D eigenvalue weighted by molar-refractivity contribution is 6.08. The van der Waals surface area contributed by atoms with Gasteiger partial charge in [-0.25, -0.2) is 0 Å². The predicted octanol–water partition coefficient (Wildman–Crippen LogP) is 3.27. The zero-order valence-electron chi connectivity index (χ0n) is 15.1. The molecule has 5 heteroatoms. The predicted molar refractivity (Wildman–Crippen MR) is 99.0 cm³/mol. The Labute approximate surface area is 152 Å². The van der Waals surface area contributed by atoms with Crippen LogP contribution >= 0.6 is 0 Å². The summed E-state index contributed by atoms with van der Waals surface area (Å²) in [6, 6.07) is 13.5. The molecule has 26 heavy (non-hydrogen) atoms. The van der Waals surface area contributed by atoms with Crippen LogP contribution in [0.15, 0.2) is 42.5 Å². The lowest BCUT2D eigenvalue weighted by Gasteiger charge is -2.46. The van der Waals surface area contributed by atoms with Gasteiger partial charge in [-0.15, -0.1) is 0 Å². The molecule has 5 nitrogen and oxygen atoms in total. The fourth-order valence-electron chi connectivity index (χ4n) is 4.05. The van der Waals surface area contributed by atoms with Crippen molar-refractivity contribution < 1.29 is 14.3 Å². The van der Waals surface area contributed by atoms with Gasteiger partial charge in [-0.05, 0) is 44.0 Å². The SMILES string of the molecule is Cc1ccc(NC(=O)[C@H]2C(=O)N[C@@]3(C)C[C@H]2c2ccccc2O3)c(C)c1. The number of ether oxygens (including phenoxy) is 1. The lowest BCUT2D eigenvalue weighted by molar-refractivity contribution is -0.145. The summed E-state index contributed by atoms with van der Waals surface area (Å²) in [5.41, 5.74) is 2.99. The van der Waals surface area contributed by atoms with E-state index >= 15 is 0 Å². The van der Waals surface area contributed by atoms with Crippen molar-refractivity contribution in [2.45, 2.75) is 38.8 Å². The van der Waals surface area contributed by atoms with Crippen LogP contribution in [0.3, 0.4) is 0 Å². The second kappa shape index (κ2) is 5.87. The lowest BCUT2D eigenvalue weighted by Crippen LogP contribution is -2.62. The molecule has 2 aromatic carbocycles. The Morgan fingerprint density at radius 3 is 2.77 bits per heavy atom. The highest BCUT2D eigenvalue weighted by Crippen LogP contribution is 2.46. The maximum Gasteiger partial charge on any atom is 0.237 e. The number of hydrogen-bond acceptors (Lipinski definition) is 3. The summed E-state index contributed by atoms with van der Waals surface area (Å²) in [4.78, 5) is 25.8. The van der Waals surface area contributed by atoms with Crippen LogP contribution in [0.1, 0.15) is 36.0 Å². The molecule has 2 heterocycles. The number of para-hydroxylation sites is 1. The van der Waals surface area contributed by atoms with Crippen molar-refractivity contribution in [1.82, 2.24) is 5.32 Å². The van der Waals surface area contributed by atoms with Crippen LogP contribution < -0.4 is 15.4 Å². The Morgan fingerprint density at radius 2 is 2.00 bits per heavy atom. The molecule has 1 saturated heterocycles. The Hall–Kier alpha value is -2.82. The summed E-state index contributed by atoms with van der Waals surface area (Å²) < 4.78 is 5.98. The third-order valence-corrected chi connectivity index (χ3v) is 5.26. The summed E-state index contributed by atoms with van der Waals surface area (Å²) in [5, 5.41) is 5.83. The van der Waals surface area contributed by atoms with Crippen LogP contribution in [0.5, 0.6) is 5.75 Å². The first-order valence-corrected chi connectivity index (χ1v) is 8.84. The summed E-state index contributed by atoms with van der Waals surface area (Å²) in [5.74, 6) is -0.826. The number of fused-ring (bicyclic) bond motifs is 4. The van der Waals surface area contributed by atoms with Crippen molar-refractivity contribution in [3.05, 3.63) is 59.2 Å². The molecule has 134 valence electrons. The third-order valence-electron chi connectivity index (χ3n) is 5.26. The molecule has 0 unspecified atom stereocenters. The molecule has 2 aliphatic rings. The number of piperidine rings is 1. The topological polar surface area (TPSA) is 67.4 Å². The van der Waals surface area contributed by atoms with Crippen molar-refractivity contribution in [3.63, 3.8) is 0 Å². The standard InChI is InChI=1S/C21H22N2O3/c1-12-8-9-16(13(2)10-12)22-19(24)18-15-11-21(3,23-20(18)25)26-17-7-5-4-6-14(15)17/h4-10,15,18H,11H2,1-3H3,(H,22,24)(H,23,25)/t15-,18-,21+/m0/s1. The van der Waals surface area contributed by atoms with Gasteiger partial charge in [0.25, 0.3) is 0 Å². The monoisotopic (exact) mass is 350 g/mol. The van der Waals surface area contributed by atoms with Crippen molar-refractivity contribution in [3.8, 4) is 5.75 Å². The van der Waals surface area contributed by atoms with E-state index in [1.807, 2.05) is 63.2 Å². The number of benzene rings is 2. The van der Waals surface area contributed by atoms with Crippen LogP contribution in [0.4, 0.5) is 5.69 Å². The van der Waals surface area contributed by atoms with Gasteiger partial charge >= 0.3 is 0 Å². The molecule has 2 bridgehead atoms. The highest BCUT2D eigenvalue weighted by atomic mass is 16.5. The Balaban J connectivity index is 1.68. The maximum atomic E-state index is 13.0. The van der Waals surface area contributed by atoms with E-state index in [2.05, 4.69) is 10.6 Å². The number of rotatable bonds is 2. The van der Waals surface area contributed by atoms with Gasteiger partial charge in [-0.1, -0.05) is 35.9 Å². The first kappa shape index (κ1) is 16.6. The number of amides is 2. The van der Waals surface area contributed by atoms with E-state index in [4.69, 9.17) is 4.74 Å². The van der Waals surface area contributed by atoms with Gasteiger partial charge in [-0.3, -0.25) is 9.59 Å². The minimum Gasteiger partial charge on any atom is -0.468 e. The molecule has 3 atom stereocenters. The maximum absolute atomic E-state index is 13.0. The zero-order valence-corrected chi connectivity index (χ0v) is 15.1. The quantitative estimate of drug-likeness (QED) is 0.817. The minimum absolute atomic E-state index is 0.204. The molecule has 1 fully saturated rings. The van der Waals surface area contributed by atoms with Crippen LogP contribution in [-0.4, -0.2) is 17.5 Å². The fraction of sp³-hybridized carbons (Fsp3) is 0.333. The molecular formula is C21H22N2O3. The molecule has 0 radical (unpaired) electrons. The molecular weight excluding hydrogens is 328 g/mol. The lowest BCUT2D eigenvalue weighted by atomic mass is 9.74. The molecule has 0 aliphatic carbocycles. The molecule has 0 aromatic heterocycles. The molecule has 2 N–H and O–H groups in total. The van der Waals surface area contributed by atoms with E-state index in [1.54, 1.807) is 0 Å². The average molecular weight is 350 g/mol. The van der Waals surface area contributed by atoms with Crippen LogP contribution in [-0.2, 0) is 9.59 Å². The van der Waals surface area contributed by atoms with Crippen molar-refractivity contribution in [2.24, 2.45) is 5.92 Å². The second-order valence-electron chi connectivity index (χ2n) is 7.46. The van der Waals surface area contributed by atoms with Crippen molar-refractivity contribution >= 4 is 17.5 Å². The number of anilines is 1. The second-order valence-corrected chi connectivity index (χ2v) is 7.46.